The molecule has 3 heterocycles. The molecule has 0 atom stereocenters. The Hall–Kier alpha value is -3.05. The van der Waals surface area contributed by atoms with E-state index in [1.165, 1.54) is 32.0 Å². The number of aryl methyl sites for hydroxylation is 1. The van der Waals surface area contributed by atoms with Crippen molar-refractivity contribution in [2.75, 3.05) is 42.1 Å². The fourth-order valence-corrected chi connectivity index (χ4v) is 8.26. The van der Waals surface area contributed by atoms with E-state index in [1.54, 1.807) is 37.3 Å². The van der Waals surface area contributed by atoms with E-state index in [0.717, 1.165) is 41.4 Å². The molecular weight excluding hydrogens is 582 g/mol. The largest absolute Gasteiger partial charge is 0.385 e. The normalized spacial score (nSPS) is 15.8. The zero-order valence-electron chi connectivity index (χ0n) is 22.8. The monoisotopic (exact) mass is 613 g/mol. The first kappa shape index (κ1) is 29.4. The third-order valence-corrected chi connectivity index (χ3v) is 11.2. The van der Waals surface area contributed by atoms with Crippen LogP contribution in [0.4, 0.5) is 11.4 Å². The van der Waals surface area contributed by atoms with Gasteiger partial charge < -0.3 is 10.2 Å². The number of Topliss-reactive ketones (excluding diaryl/α,β-unsaturated/α-hetero) is 1. The Morgan fingerprint density at radius 3 is 2.46 bits per heavy atom. The van der Waals surface area contributed by atoms with Gasteiger partial charge in [-0.2, -0.15) is 0 Å². The summed E-state index contributed by atoms with van der Waals surface area (Å²) in [6.07, 6.45) is 3.61. The number of carbonyl (C=O) groups excluding carboxylic acids is 3. The summed E-state index contributed by atoms with van der Waals surface area (Å²) in [6.45, 7) is 5.97. The molecule has 2 amide bonds. The first-order chi connectivity index (χ1) is 19.6. The fraction of sp³-hybridized carbons (Fsp3) is 0.367. The summed E-state index contributed by atoms with van der Waals surface area (Å²) in [4.78, 5) is 43.2. The van der Waals surface area contributed by atoms with Gasteiger partial charge in [0.25, 0.3) is 5.91 Å². The second-order valence-electron chi connectivity index (χ2n) is 10.5. The van der Waals surface area contributed by atoms with Gasteiger partial charge in [0.15, 0.2) is 15.6 Å². The van der Waals surface area contributed by atoms with Crippen molar-refractivity contribution in [1.82, 2.24) is 4.90 Å². The highest BCUT2D eigenvalue weighted by atomic mass is 35.5. The minimum atomic E-state index is -3.78. The molecular formula is C30H32ClN3O5S2. The molecule has 5 rings (SSSR count). The number of nitrogens with zero attached hydrogens (tertiary/aromatic N) is 2. The second kappa shape index (κ2) is 12.4. The minimum Gasteiger partial charge on any atom is -0.385 e. The predicted octanol–water partition coefficient (Wildman–Crippen LogP) is 4.92. The Bertz CT molecular complexity index is 1560. The van der Waals surface area contributed by atoms with Gasteiger partial charge in [-0.05, 0) is 93.3 Å². The molecule has 2 aromatic carbocycles. The Balaban J connectivity index is 1.19. The summed E-state index contributed by atoms with van der Waals surface area (Å²) in [5, 5.41) is 3.77. The lowest BCUT2D eigenvalue weighted by atomic mass is 9.97. The van der Waals surface area contributed by atoms with Crippen molar-refractivity contribution in [3.63, 3.8) is 0 Å². The van der Waals surface area contributed by atoms with Crippen molar-refractivity contribution < 1.29 is 22.8 Å². The average molecular weight is 614 g/mol. The Kier molecular flexibility index (Phi) is 8.94. The molecule has 8 nitrogen and oxygen atoms in total. The van der Waals surface area contributed by atoms with Crippen LogP contribution in [0.2, 0.25) is 5.02 Å². The van der Waals surface area contributed by atoms with Gasteiger partial charge in [-0.1, -0.05) is 23.7 Å². The van der Waals surface area contributed by atoms with Crippen LogP contribution in [0.3, 0.4) is 0 Å². The van der Waals surface area contributed by atoms with Crippen LogP contribution in [-0.2, 0) is 32.3 Å². The molecule has 0 unspecified atom stereocenters. The molecule has 0 saturated carbocycles. The third kappa shape index (κ3) is 6.89. The molecule has 2 aliphatic rings. The molecule has 3 aromatic rings. The first-order valence-electron chi connectivity index (χ1n) is 13.7. The van der Waals surface area contributed by atoms with Crippen LogP contribution in [0.25, 0.3) is 0 Å². The molecule has 1 fully saturated rings. The van der Waals surface area contributed by atoms with Crippen molar-refractivity contribution in [3.05, 3.63) is 75.1 Å². The maximum atomic E-state index is 13.3. The second-order valence-corrected chi connectivity index (χ2v) is 14.4. The number of sulfone groups is 1. The number of nitrogens with one attached hydrogen (secondary N) is 1. The molecule has 0 radical (unpaired) electrons. The Labute approximate surface area is 249 Å². The maximum Gasteiger partial charge on any atom is 0.265 e. The highest BCUT2D eigenvalue weighted by Crippen LogP contribution is 2.31. The molecule has 216 valence electrons. The number of carbonyl (C=O) groups is 3. The molecule has 0 bridgehead atoms. The van der Waals surface area contributed by atoms with Crippen LogP contribution in [-0.4, -0.2) is 62.8 Å². The van der Waals surface area contributed by atoms with Crippen molar-refractivity contribution in [2.24, 2.45) is 0 Å². The van der Waals surface area contributed by atoms with E-state index in [2.05, 4.69) is 10.2 Å². The van der Waals surface area contributed by atoms with Crippen molar-refractivity contribution in [2.45, 2.75) is 43.2 Å². The van der Waals surface area contributed by atoms with Gasteiger partial charge in [-0.3, -0.25) is 14.4 Å². The van der Waals surface area contributed by atoms with Crippen LogP contribution in [0.15, 0.2) is 52.7 Å². The number of rotatable bonds is 11. The van der Waals surface area contributed by atoms with Crippen LogP contribution in [0.1, 0.15) is 45.6 Å². The number of thiophene rings is 1. The van der Waals surface area contributed by atoms with Gasteiger partial charge in [-0.25, -0.2) is 13.3 Å². The molecule has 1 N–H and O–H groups in total. The number of hydrogen-bond acceptors (Lipinski definition) is 8. The van der Waals surface area contributed by atoms with Crippen LogP contribution < -0.4 is 10.2 Å². The standard InChI is InChI=1S/C30H32ClN3O5S2/c1-20-27(31)18-29(40-20)41(38,39)19-25(35)15-21-5-8-24(9-6-21)34-28(36)17-22-16-23(7-10-26(22)30(34)37)32-11-4-14-33-12-2-3-13-33/h5-10,16,18,32H,2-4,11-15,17,19H2,1H3. The van der Waals surface area contributed by atoms with E-state index in [1.807, 2.05) is 12.1 Å². The molecule has 11 heteroatoms. The number of benzene rings is 2. The van der Waals surface area contributed by atoms with E-state index < -0.39 is 27.3 Å². The Morgan fingerprint density at radius 1 is 1.05 bits per heavy atom. The predicted molar refractivity (Wildman–Crippen MR) is 162 cm³/mol. The topological polar surface area (TPSA) is 104 Å². The average Bonchev–Trinajstić information content (AvgIpc) is 3.57. The fourth-order valence-electron chi connectivity index (χ4n) is 5.25. The number of likely N-dealkylation sites (tertiary alicyclic amines) is 1. The number of amides is 2. The molecule has 0 aliphatic carbocycles. The molecule has 41 heavy (non-hydrogen) atoms. The lowest BCUT2D eigenvalue weighted by molar-refractivity contribution is -0.118. The smallest absolute Gasteiger partial charge is 0.265 e. The van der Waals surface area contributed by atoms with Crippen LogP contribution >= 0.6 is 22.9 Å². The van der Waals surface area contributed by atoms with E-state index in [9.17, 15) is 22.8 Å². The summed E-state index contributed by atoms with van der Waals surface area (Å²) in [7, 11) is -3.78. The SMILES string of the molecule is Cc1sc(S(=O)(=O)CC(=O)Cc2ccc(N3C(=O)Cc4cc(NCCCN5CCCC5)ccc4C3=O)cc2)cc1Cl. The number of imide groups is 1. The molecule has 2 aliphatic heterocycles. The quantitative estimate of drug-likeness (QED) is 0.242. The molecule has 0 spiro atoms. The van der Waals surface area contributed by atoms with Crippen LogP contribution in [0, 0.1) is 6.92 Å². The Morgan fingerprint density at radius 2 is 1.78 bits per heavy atom. The summed E-state index contributed by atoms with van der Waals surface area (Å²) in [5.41, 5.74) is 3.08. The van der Waals surface area contributed by atoms with E-state index in [4.69, 9.17) is 11.6 Å². The number of hydrogen-bond donors (Lipinski definition) is 1. The summed E-state index contributed by atoms with van der Waals surface area (Å²) in [6, 6.07) is 13.4. The highest BCUT2D eigenvalue weighted by molar-refractivity contribution is 7.94. The van der Waals surface area contributed by atoms with Crippen LogP contribution in [0.5, 0.6) is 0 Å². The number of halogens is 1. The van der Waals surface area contributed by atoms with Gasteiger partial charge in [-0.15, -0.1) is 11.3 Å². The van der Waals surface area contributed by atoms with Gasteiger partial charge in [0, 0.05) is 29.1 Å². The summed E-state index contributed by atoms with van der Waals surface area (Å²) < 4.78 is 25.3. The number of fused-ring (bicyclic) bond motifs is 1. The number of ketones is 1. The lowest BCUT2D eigenvalue weighted by Gasteiger charge is -2.27. The van der Waals surface area contributed by atoms with Crippen molar-refractivity contribution >= 4 is 61.7 Å². The van der Waals surface area contributed by atoms with Gasteiger partial charge >= 0.3 is 0 Å². The molecule has 1 saturated heterocycles. The first-order valence-corrected chi connectivity index (χ1v) is 16.5. The van der Waals surface area contributed by atoms with Crippen molar-refractivity contribution in [3.8, 4) is 0 Å². The lowest BCUT2D eigenvalue weighted by Crippen LogP contribution is -2.42. The third-order valence-electron chi connectivity index (χ3n) is 7.40. The zero-order valence-corrected chi connectivity index (χ0v) is 25.2. The van der Waals surface area contributed by atoms with E-state index in [0.29, 0.717) is 32.3 Å². The minimum absolute atomic E-state index is 0.0755. The van der Waals surface area contributed by atoms with Gasteiger partial charge in [0.1, 0.15) is 9.96 Å². The molecule has 1 aromatic heterocycles. The van der Waals surface area contributed by atoms with Crippen molar-refractivity contribution in [1.29, 1.82) is 0 Å². The summed E-state index contributed by atoms with van der Waals surface area (Å²) >= 11 is 7.03. The summed E-state index contributed by atoms with van der Waals surface area (Å²) in [5.74, 6) is -1.80. The maximum absolute atomic E-state index is 13.3. The zero-order chi connectivity index (χ0) is 29.1. The number of anilines is 2. The van der Waals surface area contributed by atoms with E-state index in [-0.39, 0.29) is 23.0 Å². The van der Waals surface area contributed by atoms with Gasteiger partial charge in [0.2, 0.25) is 5.91 Å². The highest BCUT2D eigenvalue weighted by Gasteiger charge is 2.32. The van der Waals surface area contributed by atoms with Gasteiger partial charge in [0.05, 0.1) is 17.1 Å². The van der Waals surface area contributed by atoms with E-state index >= 15 is 0 Å².